The van der Waals surface area contributed by atoms with Gasteiger partial charge >= 0.3 is 6.18 Å². The number of fused-ring (bicyclic) bond motifs is 2. The number of ether oxygens (including phenoxy) is 2. The van der Waals surface area contributed by atoms with E-state index in [2.05, 4.69) is 4.99 Å². The second-order valence-corrected chi connectivity index (χ2v) is 8.88. The normalized spacial score (nSPS) is 17.2. The first kappa shape index (κ1) is 24.6. The lowest BCUT2D eigenvalue weighted by Crippen LogP contribution is -2.55. The summed E-state index contributed by atoms with van der Waals surface area (Å²) in [4.78, 5) is 21.3. The first-order chi connectivity index (χ1) is 17.6. The zero-order valence-electron chi connectivity index (χ0n) is 20.1. The summed E-state index contributed by atoms with van der Waals surface area (Å²) in [6.07, 6.45) is -4.53. The summed E-state index contributed by atoms with van der Waals surface area (Å²) in [7, 11) is 1.52. The molecular formula is C27H23F4N3O3. The van der Waals surface area contributed by atoms with E-state index in [4.69, 9.17) is 9.47 Å². The van der Waals surface area contributed by atoms with Gasteiger partial charge in [-0.25, -0.2) is 9.38 Å². The van der Waals surface area contributed by atoms with Crippen LogP contribution >= 0.6 is 0 Å². The number of alkyl halides is 3. The van der Waals surface area contributed by atoms with Crippen molar-refractivity contribution in [3.05, 3.63) is 83.2 Å². The second kappa shape index (κ2) is 9.42. The molecule has 2 aliphatic rings. The fourth-order valence-electron chi connectivity index (χ4n) is 4.51. The monoisotopic (exact) mass is 513 g/mol. The number of benzene rings is 3. The molecule has 1 unspecified atom stereocenters. The standard InChI is InChI=1S/C27H23F4N3O3/c1-16-15-33(11-12-34(16)26(35)17-3-6-19(28)7-4-17)25-21-14-20(36-2)8-10-23(21)37-24-9-5-18(27(29,30)31)13-22(24)32-25/h3-10,13-14,16H,11-12,15H2,1-2H3. The number of hydrogen-bond donors (Lipinski definition) is 0. The number of nitrogens with zero attached hydrogens (tertiary/aromatic N) is 3. The van der Waals surface area contributed by atoms with Crippen LogP contribution in [0.15, 0.2) is 65.7 Å². The highest BCUT2D eigenvalue weighted by Gasteiger charge is 2.34. The molecule has 1 saturated heterocycles. The van der Waals surface area contributed by atoms with Gasteiger partial charge in [0.2, 0.25) is 0 Å². The van der Waals surface area contributed by atoms with Crippen molar-refractivity contribution in [2.45, 2.75) is 19.1 Å². The van der Waals surface area contributed by atoms with Crippen LogP contribution in [-0.4, -0.2) is 54.3 Å². The average molecular weight is 513 g/mol. The lowest BCUT2D eigenvalue weighted by atomic mass is 10.1. The molecule has 0 spiro atoms. The number of piperazine rings is 1. The quantitative estimate of drug-likeness (QED) is 0.402. The molecule has 0 bridgehead atoms. The molecule has 10 heteroatoms. The van der Waals surface area contributed by atoms with Crippen molar-refractivity contribution in [1.29, 1.82) is 0 Å². The number of carbonyl (C=O) groups excluding carboxylic acids is 1. The van der Waals surface area contributed by atoms with Gasteiger partial charge < -0.3 is 19.3 Å². The average Bonchev–Trinajstić information content (AvgIpc) is 3.04. The summed E-state index contributed by atoms with van der Waals surface area (Å²) in [6.45, 7) is 2.97. The van der Waals surface area contributed by atoms with E-state index < -0.39 is 17.6 Å². The number of amidine groups is 1. The van der Waals surface area contributed by atoms with Crippen molar-refractivity contribution >= 4 is 17.4 Å². The molecule has 1 amide bonds. The highest BCUT2D eigenvalue weighted by molar-refractivity contribution is 6.04. The Hall–Kier alpha value is -4.08. The van der Waals surface area contributed by atoms with E-state index >= 15 is 0 Å². The third-order valence-corrected chi connectivity index (χ3v) is 6.44. The number of hydrogen-bond acceptors (Lipinski definition) is 5. The van der Waals surface area contributed by atoms with Crippen molar-refractivity contribution in [2.75, 3.05) is 26.7 Å². The van der Waals surface area contributed by atoms with Crippen LogP contribution in [0.25, 0.3) is 0 Å². The maximum Gasteiger partial charge on any atom is 0.416 e. The van der Waals surface area contributed by atoms with E-state index in [0.717, 1.165) is 12.1 Å². The van der Waals surface area contributed by atoms with Crippen LogP contribution in [0.3, 0.4) is 0 Å². The summed E-state index contributed by atoms with van der Waals surface area (Å²) in [5.74, 6) is 0.942. The van der Waals surface area contributed by atoms with Crippen molar-refractivity contribution in [2.24, 2.45) is 4.99 Å². The molecule has 0 aliphatic carbocycles. The Balaban J connectivity index is 1.50. The Morgan fingerprint density at radius 1 is 1.03 bits per heavy atom. The van der Waals surface area contributed by atoms with Crippen molar-refractivity contribution < 1.29 is 31.8 Å². The number of methoxy groups -OCH3 is 1. The molecule has 37 heavy (non-hydrogen) atoms. The van der Waals surface area contributed by atoms with Gasteiger partial charge in [0.05, 0.1) is 18.2 Å². The van der Waals surface area contributed by atoms with Crippen LogP contribution in [0, 0.1) is 5.82 Å². The number of amides is 1. The van der Waals surface area contributed by atoms with Crippen LogP contribution in [0.2, 0.25) is 0 Å². The topological polar surface area (TPSA) is 54.4 Å². The SMILES string of the molecule is COc1ccc2c(c1)C(N1CCN(C(=O)c3ccc(F)cc3)C(C)C1)=Nc1cc(C(F)(F)F)ccc1O2. The van der Waals surface area contributed by atoms with Crippen LogP contribution in [0.4, 0.5) is 23.2 Å². The summed E-state index contributed by atoms with van der Waals surface area (Å²) in [6, 6.07) is 13.4. The zero-order valence-corrected chi connectivity index (χ0v) is 20.1. The molecule has 0 aromatic heterocycles. The Labute approximate surface area is 210 Å². The fourth-order valence-corrected chi connectivity index (χ4v) is 4.51. The van der Waals surface area contributed by atoms with Crippen LogP contribution in [-0.2, 0) is 6.18 Å². The summed E-state index contributed by atoms with van der Waals surface area (Å²) < 4.78 is 64.9. The molecule has 2 heterocycles. The van der Waals surface area contributed by atoms with E-state index in [-0.39, 0.29) is 23.4 Å². The predicted molar refractivity (Wildman–Crippen MR) is 129 cm³/mol. The minimum absolute atomic E-state index is 0.0532. The molecule has 3 aromatic carbocycles. The van der Waals surface area contributed by atoms with Gasteiger partial charge in [0, 0.05) is 31.2 Å². The van der Waals surface area contributed by atoms with Gasteiger partial charge in [-0.3, -0.25) is 4.79 Å². The molecule has 5 rings (SSSR count). The summed E-state index contributed by atoms with van der Waals surface area (Å²) >= 11 is 0. The van der Waals surface area contributed by atoms with Gasteiger partial charge in [0.15, 0.2) is 5.75 Å². The molecule has 0 radical (unpaired) electrons. The summed E-state index contributed by atoms with van der Waals surface area (Å²) in [5, 5.41) is 0. The Kier molecular flexibility index (Phi) is 6.26. The maximum absolute atomic E-state index is 13.4. The number of halogens is 4. The summed E-state index contributed by atoms with van der Waals surface area (Å²) in [5.41, 5.74) is 0.169. The van der Waals surface area contributed by atoms with E-state index in [1.807, 2.05) is 11.8 Å². The van der Waals surface area contributed by atoms with Gasteiger partial charge in [-0.2, -0.15) is 13.2 Å². The first-order valence-electron chi connectivity index (χ1n) is 11.6. The minimum atomic E-state index is -4.53. The predicted octanol–water partition coefficient (Wildman–Crippen LogP) is 5.88. The van der Waals surface area contributed by atoms with Crippen molar-refractivity contribution in [1.82, 2.24) is 9.80 Å². The molecule has 192 valence electrons. The molecule has 0 N–H and O–H groups in total. The molecule has 3 aromatic rings. The van der Waals surface area contributed by atoms with Crippen molar-refractivity contribution in [3.63, 3.8) is 0 Å². The van der Waals surface area contributed by atoms with Gasteiger partial charge in [-0.1, -0.05) is 0 Å². The van der Waals surface area contributed by atoms with E-state index in [9.17, 15) is 22.4 Å². The van der Waals surface area contributed by atoms with Crippen LogP contribution in [0.1, 0.15) is 28.4 Å². The third kappa shape index (κ3) is 4.83. The van der Waals surface area contributed by atoms with Gasteiger partial charge in [-0.05, 0) is 67.6 Å². The second-order valence-electron chi connectivity index (χ2n) is 8.88. The van der Waals surface area contributed by atoms with Crippen LogP contribution in [0.5, 0.6) is 17.2 Å². The largest absolute Gasteiger partial charge is 0.497 e. The number of carbonyl (C=O) groups is 1. The highest BCUT2D eigenvalue weighted by atomic mass is 19.4. The number of rotatable bonds is 2. The first-order valence-corrected chi connectivity index (χ1v) is 11.6. The van der Waals surface area contributed by atoms with Crippen LogP contribution < -0.4 is 9.47 Å². The molecule has 6 nitrogen and oxygen atoms in total. The zero-order chi connectivity index (χ0) is 26.3. The highest BCUT2D eigenvalue weighted by Crippen LogP contribution is 2.42. The van der Waals surface area contributed by atoms with Crippen molar-refractivity contribution in [3.8, 4) is 17.2 Å². The van der Waals surface area contributed by atoms with E-state index in [1.54, 1.807) is 23.1 Å². The molecule has 2 aliphatic heterocycles. The minimum Gasteiger partial charge on any atom is -0.497 e. The third-order valence-electron chi connectivity index (χ3n) is 6.44. The number of aliphatic imine (C=N–C) groups is 1. The lowest BCUT2D eigenvalue weighted by Gasteiger charge is -2.41. The Morgan fingerprint density at radius 3 is 2.43 bits per heavy atom. The lowest BCUT2D eigenvalue weighted by molar-refractivity contribution is -0.137. The molecular weight excluding hydrogens is 490 g/mol. The molecule has 1 fully saturated rings. The Bertz CT molecular complexity index is 1370. The van der Waals surface area contributed by atoms with Gasteiger partial charge in [0.1, 0.15) is 28.8 Å². The van der Waals surface area contributed by atoms with Gasteiger partial charge in [-0.15, -0.1) is 0 Å². The van der Waals surface area contributed by atoms with E-state index in [0.29, 0.717) is 48.1 Å². The van der Waals surface area contributed by atoms with E-state index in [1.165, 1.54) is 37.4 Å². The smallest absolute Gasteiger partial charge is 0.416 e. The van der Waals surface area contributed by atoms with Gasteiger partial charge in [0.25, 0.3) is 5.91 Å². The fraction of sp³-hybridized carbons (Fsp3) is 0.259. The molecule has 1 atom stereocenters. The maximum atomic E-state index is 13.4. The molecule has 0 saturated carbocycles. The Morgan fingerprint density at radius 2 is 1.76 bits per heavy atom.